The number of hydrogen-bond donors (Lipinski definition) is 0. The Balaban J connectivity index is 2.11. The smallest absolute Gasteiger partial charge is 0.323 e. The van der Waals surface area contributed by atoms with E-state index < -0.39 is 0 Å². The van der Waals surface area contributed by atoms with Crippen molar-refractivity contribution in [3.63, 3.8) is 0 Å². The van der Waals surface area contributed by atoms with Crippen LogP contribution in [0.3, 0.4) is 0 Å². The van der Waals surface area contributed by atoms with Gasteiger partial charge in [0.05, 0.1) is 20.3 Å². The van der Waals surface area contributed by atoms with Gasteiger partial charge in [-0.1, -0.05) is 0 Å². The first-order valence-electron chi connectivity index (χ1n) is 6.18. The molecule has 0 bridgehead atoms. The standard InChI is InChI=1S/C12H23NO4/c1-15-9-10-17-8-4-7-13-6-3-5-11(13)12(14)16-2/h11H,3-10H2,1-2H3. The lowest BCUT2D eigenvalue weighted by molar-refractivity contribution is -0.145. The van der Waals surface area contributed by atoms with E-state index in [1.807, 2.05) is 0 Å². The summed E-state index contributed by atoms with van der Waals surface area (Å²) >= 11 is 0. The molecule has 1 aliphatic rings. The van der Waals surface area contributed by atoms with Gasteiger partial charge in [-0.2, -0.15) is 0 Å². The van der Waals surface area contributed by atoms with Crippen LogP contribution in [0.25, 0.3) is 0 Å². The molecule has 0 aromatic rings. The largest absolute Gasteiger partial charge is 0.468 e. The van der Waals surface area contributed by atoms with Gasteiger partial charge in [-0.15, -0.1) is 0 Å². The van der Waals surface area contributed by atoms with Gasteiger partial charge >= 0.3 is 5.97 Å². The lowest BCUT2D eigenvalue weighted by Gasteiger charge is -2.21. The van der Waals surface area contributed by atoms with Gasteiger partial charge < -0.3 is 14.2 Å². The van der Waals surface area contributed by atoms with Crippen LogP contribution in [0.15, 0.2) is 0 Å². The molecule has 0 spiro atoms. The van der Waals surface area contributed by atoms with Gasteiger partial charge in [0.25, 0.3) is 0 Å². The zero-order valence-electron chi connectivity index (χ0n) is 10.8. The molecule has 5 heteroatoms. The number of carbonyl (C=O) groups is 1. The second kappa shape index (κ2) is 8.44. The van der Waals surface area contributed by atoms with Crippen molar-refractivity contribution in [1.82, 2.24) is 4.90 Å². The van der Waals surface area contributed by atoms with Crippen molar-refractivity contribution in [3.05, 3.63) is 0 Å². The molecule has 1 heterocycles. The topological polar surface area (TPSA) is 48.0 Å². The molecule has 0 N–H and O–H groups in total. The van der Waals surface area contributed by atoms with Gasteiger partial charge in [0, 0.05) is 20.3 Å². The number of rotatable bonds is 8. The summed E-state index contributed by atoms with van der Waals surface area (Å²) in [4.78, 5) is 13.7. The first-order chi connectivity index (χ1) is 8.29. The molecule has 0 aromatic carbocycles. The number of esters is 1. The van der Waals surface area contributed by atoms with Crippen LogP contribution in [0.2, 0.25) is 0 Å². The van der Waals surface area contributed by atoms with Crippen molar-refractivity contribution in [1.29, 1.82) is 0 Å². The summed E-state index contributed by atoms with van der Waals surface area (Å²) in [5.41, 5.74) is 0. The summed E-state index contributed by atoms with van der Waals surface area (Å²) < 4.78 is 15.1. The lowest BCUT2D eigenvalue weighted by Crippen LogP contribution is -2.37. The van der Waals surface area contributed by atoms with E-state index in [0.717, 1.165) is 32.4 Å². The van der Waals surface area contributed by atoms with Crippen LogP contribution in [0.5, 0.6) is 0 Å². The van der Waals surface area contributed by atoms with E-state index in [1.165, 1.54) is 7.11 Å². The quantitative estimate of drug-likeness (QED) is 0.465. The Kier molecular flexibility index (Phi) is 7.16. The van der Waals surface area contributed by atoms with Gasteiger partial charge in [-0.3, -0.25) is 9.69 Å². The monoisotopic (exact) mass is 245 g/mol. The summed E-state index contributed by atoms with van der Waals surface area (Å²) in [5.74, 6) is -0.109. The number of ether oxygens (including phenoxy) is 3. The van der Waals surface area contributed by atoms with Crippen LogP contribution in [-0.2, 0) is 19.0 Å². The summed E-state index contributed by atoms with van der Waals surface area (Å²) in [6.45, 7) is 3.86. The van der Waals surface area contributed by atoms with E-state index >= 15 is 0 Å². The SMILES string of the molecule is COCCOCCCN1CCCC1C(=O)OC. The van der Waals surface area contributed by atoms with Crippen LogP contribution in [-0.4, -0.2) is 64.0 Å². The molecule has 0 amide bonds. The van der Waals surface area contributed by atoms with E-state index in [1.54, 1.807) is 7.11 Å². The minimum Gasteiger partial charge on any atom is -0.468 e. The molecule has 1 atom stereocenters. The Morgan fingerprint density at radius 3 is 2.82 bits per heavy atom. The average molecular weight is 245 g/mol. The van der Waals surface area contributed by atoms with Gasteiger partial charge in [0.2, 0.25) is 0 Å². The van der Waals surface area contributed by atoms with E-state index in [0.29, 0.717) is 19.8 Å². The second-order valence-electron chi connectivity index (χ2n) is 4.18. The Hall–Kier alpha value is -0.650. The fraction of sp³-hybridized carbons (Fsp3) is 0.917. The molecule has 0 saturated carbocycles. The first-order valence-corrected chi connectivity index (χ1v) is 6.18. The average Bonchev–Trinajstić information content (AvgIpc) is 2.81. The fourth-order valence-electron chi connectivity index (χ4n) is 2.11. The Labute approximate surface area is 103 Å². The third-order valence-corrected chi connectivity index (χ3v) is 3.00. The third kappa shape index (κ3) is 5.02. The summed E-state index contributed by atoms with van der Waals surface area (Å²) in [7, 11) is 3.11. The number of hydrogen-bond acceptors (Lipinski definition) is 5. The number of nitrogens with zero attached hydrogens (tertiary/aromatic N) is 1. The Morgan fingerprint density at radius 2 is 2.12 bits per heavy atom. The van der Waals surface area contributed by atoms with Crippen LogP contribution in [0.4, 0.5) is 0 Å². The molecule has 5 nitrogen and oxygen atoms in total. The fourth-order valence-corrected chi connectivity index (χ4v) is 2.11. The summed E-state index contributed by atoms with van der Waals surface area (Å²) in [5, 5.41) is 0. The predicted octanol–water partition coefficient (Wildman–Crippen LogP) is 0.677. The van der Waals surface area contributed by atoms with E-state index in [9.17, 15) is 4.79 Å². The first kappa shape index (κ1) is 14.4. The molecule has 0 aromatic heterocycles. The Morgan fingerprint density at radius 1 is 1.29 bits per heavy atom. The maximum Gasteiger partial charge on any atom is 0.323 e. The van der Waals surface area contributed by atoms with Crippen molar-refractivity contribution in [2.45, 2.75) is 25.3 Å². The second-order valence-corrected chi connectivity index (χ2v) is 4.18. The van der Waals surface area contributed by atoms with Crippen LogP contribution in [0, 0.1) is 0 Å². The minimum absolute atomic E-state index is 0.0426. The van der Waals surface area contributed by atoms with Crippen LogP contribution in [0.1, 0.15) is 19.3 Å². The maximum absolute atomic E-state index is 11.5. The van der Waals surface area contributed by atoms with Crippen LogP contribution >= 0.6 is 0 Å². The normalized spacial score (nSPS) is 20.7. The van der Waals surface area contributed by atoms with Crippen molar-refractivity contribution in [3.8, 4) is 0 Å². The molecule has 0 radical (unpaired) electrons. The van der Waals surface area contributed by atoms with Crippen molar-refractivity contribution in [2.75, 3.05) is 47.1 Å². The van der Waals surface area contributed by atoms with Crippen molar-refractivity contribution >= 4 is 5.97 Å². The zero-order valence-corrected chi connectivity index (χ0v) is 10.8. The highest BCUT2D eigenvalue weighted by Crippen LogP contribution is 2.18. The molecule has 1 rings (SSSR count). The molecule has 1 fully saturated rings. The maximum atomic E-state index is 11.5. The molecule has 1 unspecified atom stereocenters. The van der Waals surface area contributed by atoms with Crippen molar-refractivity contribution < 1.29 is 19.0 Å². The molecule has 0 aliphatic carbocycles. The summed E-state index contributed by atoms with van der Waals surface area (Å²) in [6, 6.07) is -0.0426. The van der Waals surface area contributed by atoms with Crippen LogP contribution < -0.4 is 0 Å². The molecule has 100 valence electrons. The van der Waals surface area contributed by atoms with Gasteiger partial charge in [-0.25, -0.2) is 0 Å². The molecular weight excluding hydrogens is 222 g/mol. The molecule has 17 heavy (non-hydrogen) atoms. The van der Waals surface area contributed by atoms with E-state index in [-0.39, 0.29) is 12.0 Å². The number of carbonyl (C=O) groups excluding carboxylic acids is 1. The summed E-state index contributed by atoms with van der Waals surface area (Å²) in [6.07, 6.45) is 2.93. The molecule has 1 saturated heterocycles. The highest BCUT2D eigenvalue weighted by Gasteiger charge is 2.30. The zero-order chi connectivity index (χ0) is 12.5. The molecular formula is C12H23NO4. The number of methoxy groups -OCH3 is 2. The lowest BCUT2D eigenvalue weighted by atomic mass is 10.2. The third-order valence-electron chi connectivity index (χ3n) is 3.00. The predicted molar refractivity (Wildman–Crippen MR) is 63.9 cm³/mol. The van der Waals surface area contributed by atoms with Gasteiger partial charge in [0.15, 0.2) is 0 Å². The number of likely N-dealkylation sites (tertiary alicyclic amines) is 1. The van der Waals surface area contributed by atoms with E-state index in [4.69, 9.17) is 14.2 Å². The highest BCUT2D eigenvalue weighted by atomic mass is 16.5. The van der Waals surface area contributed by atoms with Gasteiger partial charge in [-0.05, 0) is 25.8 Å². The minimum atomic E-state index is -0.109. The van der Waals surface area contributed by atoms with E-state index in [2.05, 4.69) is 4.90 Å². The van der Waals surface area contributed by atoms with Crippen molar-refractivity contribution in [2.24, 2.45) is 0 Å². The van der Waals surface area contributed by atoms with Gasteiger partial charge in [0.1, 0.15) is 6.04 Å². The Bertz CT molecular complexity index is 223. The molecule has 1 aliphatic heterocycles. The highest BCUT2D eigenvalue weighted by molar-refractivity contribution is 5.75.